The number of benzene rings is 1. The summed E-state index contributed by atoms with van der Waals surface area (Å²) >= 11 is 0. The van der Waals surface area contributed by atoms with Gasteiger partial charge in [-0.1, -0.05) is 11.3 Å². The molecule has 1 aromatic carbocycles. The van der Waals surface area contributed by atoms with Crippen LogP contribution in [0.15, 0.2) is 24.5 Å². The maximum Gasteiger partial charge on any atom is 0.231 e. The molecule has 3 heterocycles. The number of fused-ring (bicyclic) bond motifs is 1. The Labute approximate surface area is 144 Å². The number of aryl methyl sites for hydroxylation is 3. The second-order valence-electron chi connectivity index (χ2n) is 6.55. The summed E-state index contributed by atoms with van der Waals surface area (Å²) in [7, 11) is 1.79. The van der Waals surface area contributed by atoms with Crippen LogP contribution in [0, 0.1) is 19.8 Å². The van der Waals surface area contributed by atoms with E-state index in [4.69, 9.17) is 0 Å². The number of carbonyl (C=O) groups excluding carboxylic acids is 1. The summed E-state index contributed by atoms with van der Waals surface area (Å²) < 4.78 is 1.62. The first kappa shape index (κ1) is 15.5. The minimum absolute atomic E-state index is 0.0331. The number of amides is 1. The Kier molecular flexibility index (Phi) is 3.60. The number of aromatic nitrogens is 5. The van der Waals surface area contributed by atoms with Crippen LogP contribution in [0.3, 0.4) is 0 Å². The van der Waals surface area contributed by atoms with E-state index in [1.807, 2.05) is 30.9 Å². The van der Waals surface area contributed by atoms with E-state index in [0.717, 1.165) is 22.6 Å². The molecular weight excluding hydrogens is 318 g/mol. The first-order valence-electron chi connectivity index (χ1n) is 8.16. The smallest absolute Gasteiger partial charge is 0.231 e. The number of hydrogen-bond acceptors (Lipinski definition) is 6. The highest BCUT2D eigenvalue weighted by atomic mass is 16.2. The molecule has 8 heteroatoms. The Morgan fingerprint density at radius 2 is 1.88 bits per heavy atom. The van der Waals surface area contributed by atoms with E-state index in [2.05, 4.69) is 31.7 Å². The first-order chi connectivity index (χ1) is 12.0. The average molecular weight is 337 g/mol. The van der Waals surface area contributed by atoms with Gasteiger partial charge >= 0.3 is 0 Å². The first-order valence-corrected chi connectivity index (χ1v) is 8.16. The van der Waals surface area contributed by atoms with Crippen molar-refractivity contribution in [2.45, 2.75) is 13.8 Å². The summed E-state index contributed by atoms with van der Waals surface area (Å²) in [6, 6.07) is 6.05. The van der Waals surface area contributed by atoms with Gasteiger partial charge in [0.15, 0.2) is 17.0 Å². The average Bonchev–Trinajstić information content (AvgIpc) is 2.87. The van der Waals surface area contributed by atoms with Crippen molar-refractivity contribution in [2.24, 2.45) is 13.0 Å². The lowest BCUT2D eigenvalue weighted by molar-refractivity contribution is -0.120. The molecule has 2 aromatic heterocycles. The Morgan fingerprint density at radius 3 is 2.60 bits per heavy atom. The van der Waals surface area contributed by atoms with Gasteiger partial charge in [0.2, 0.25) is 5.91 Å². The lowest BCUT2D eigenvalue weighted by Crippen LogP contribution is -2.52. The van der Waals surface area contributed by atoms with Crippen LogP contribution in [0.2, 0.25) is 0 Å². The Bertz CT molecular complexity index is 939. The van der Waals surface area contributed by atoms with Crippen LogP contribution in [-0.2, 0) is 11.8 Å². The normalized spacial score (nSPS) is 14.6. The number of rotatable bonds is 3. The van der Waals surface area contributed by atoms with E-state index in [1.54, 1.807) is 11.7 Å². The highest BCUT2D eigenvalue weighted by molar-refractivity contribution is 5.95. The molecule has 0 unspecified atom stereocenters. The van der Waals surface area contributed by atoms with Crippen molar-refractivity contribution in [2.75, 3.05) is 23.3 Å². The van der Waals surface area contributed by atoms with Crippen molar-refractivity contribution < 1.29 is 4.79 Å². The molecule has 128 valence electrons. The summed E-state index contributed by atoms with van der Waals surface area (Å²) in [5.74, 6) is 0.696. The van der Waals surface area contributed by atoms with Gasteiger partial charge in [-0.3, -0.25) is 4.79 Å². The second-order valence-corrected chi connectivity index (χ2v) is 6.55. The van der Waals surface area contributed by atoms with E-state index < -0.39 is 0 Å². The fourth-order valence-electron chi connectivity index (χ4n) is 3.18. The molecule has 1 fully saturated rings. The molecule has 0 saturated carbocycles. The van der Waals surface area contributed by atoms with Crippen LogP contribution >= 0.6 is 0 Å². The summed E-state index contributed by atoms with van der Waals surface area (Å²) in [6.45, 7) is 5.27. The molecule has 25 heavy (non-hydrogen) atoms. The summed E-state index contributed by atoms with van der Waals surface area (Å²) in [5.41, 5.74) is 4.47. The minimum atomic E-state index is -0.0671. The molecule has 1 amide bonds. The van der Waals surface area contributed by atoms with Gasteiger partial charge in [-0.15, -0.1) is 5.10 Å². The quantitative estimate of drug-likeness (QED) is 0.778. The Hall–Kier alpha value is -3.03. The van der Waals surface area contributed by atoms with Crippen LogP contribution in [0.1, 0.15) is 11.1 Å². The van der Waals surface area contributed by atoms with Gasteiger partial charge in [0.25, 0.3) is 0 Å². The van der Waals surface area contributed by atoms with E-state index in [0.29, 0.717) is 24.3 Å². The third-order valence-electron chi connectivity index (χ3n) is 4.41. The van der Waals surface area contributed by atoms with Crippen molar-refractivity contribution in [3.05, 3.63) is 35.7 Å². The monoisotopic (exact) mass is 337 g/mol. The number of nitrogens with one attached hydrogen (secondary N) is 1. The maximum absolute atomic E-state index is 12.5. The fourth-order valence-corrected chi connectivity index (χ4v) is 3.18. The van der Waals surface area contributed by atoms with Crippen LogP contribution in [-0.4, -0.2) is 44.0 Å². The molecule has 3 aromatic rings. The molecule has 1 aliphatic heterocycles. The summed E-state index contributed by atoms with van der Waals surface area (Å²) in [5, 5.41) is 11.1. The number of nitrogens with zero attached hydrogens (tertiary/aromatic N) is 6. The predicted molar refractivity (Wildman–Crippen MR) is 94.3 cm³/mol. The van der Waals surface area contributed by atoms with Gasteiger partial charge in [-0.05, 0) is 37.1 Å². The van der Waals surface area contributed by atoms with Gasteiger partial charge in [0.05, 0.1) is 5.92 Å². The molecule has 8 nitrogen and oxygen atoms in total. The third-order valence-corrected chi connectivity index (χ3v) is 4.41. The van der Waals surface area contributed by atoms with E-state index in [-0.39, 0.29) is 11.8 Å². The SMILES string of the molecule is Cc1cc(C)cc(NC(=O)C2CN(c3ncnc4c3nnn4C)C2)c1. The maximum atomic E-state index is 12.5. The highest BCUT2D eigenvalue weighted by Crippen LogP contribution is 2.28. The van der Waals surface area contributed by atoms with Crippen LogP contribution in [0.25, 0.3) is 11.2 Å². The van der Waals surface area contributed by atoms with Gasteiger partial charge in [0, 0.05) is 25.8 Å². The molecule has 0 aliphatic carbocycles. The third kappa shape index (κ3) is 2.79. The minimum Gasteiger partial charge on any atom is -0.353 e. The Balaban J connectivity index is 1.45. The zero-order valence-corrected chi connectivity index (χ0v) is 14.4. The van der Waals surface area contributed by atoms with Gasteiger partial charge in [-0.2, -0.15) is 0 Å². The van der Waals surface area contributed by atoms with E-state index in [9.17, 15) is 4.79 Å². The van der Waals surface area contributed by atoms with Crippen molar-refractivity contribution in [1.29, 1.82) is 0 Å². The van der Waals surface area contributed by atoms with E-state index in [1.165, 1.54) is 6.33 Å². The van der Waals surface area contributed by atoms with Crippen molar-refractivity contribution in [3.8, 4) is 0 Å². The Morgan fingerprint density at radius 1 is 1.16 bits per heavy atom. The lowest BCUT2D eigenvalue weighted by atomic mass is 9.98. The van der Waals surface area contributed by atoms with Crippen LogP contribution in [0.5, 0.6) is 0 Å². The largest absolute Gasteiger partial charge is 0.353 e. The predicted octanol–water partition coefficient (Wildman–Crippen LogP) is 1.45. The van der Waals surface area contributed by atoms with Crippen molar-refractivity contribution in [3.63, 3.8) is 0 Å². The van der Waals surface area contributed by atoms with E-state index >= 15 is 0 Å². The zero-order valence-electron chi connectivity index (χ0n) is 14.4. The summed E-state index contributed by atoms with van der Waals surface area (Å²) in [4.78, 5) is 23.0. The van der Waals surface area contributed by atoms with Crippen molar-refractivity contribution in [1.82, 2.24) is 25.0 Å². The molecule has 0 atom stereocenters. The number of anilines is 2. The molecule has 1 aliphatic rings. The zero-order chi connectivity index (χ0) is 17.6. The molecule has 0 radical (unpaired) electrons. The molecular formula is C17H19N7O. The highest BCUT2D eigenvalue weighted by Gasteiger charge is 2.35. The van der Waals surface area contributed by atoms with Gasteiger partial charge in [0.1, 0.15) is 6.33 Å². The lowest BCUT2D eigenvalue weighted by Gasteiger charge is -2.38. The van der Waals surface area contributed by atoms with Crippen LogP contribution in [0.4, 0.5) is 11.5 Å². The molecule has 1 saturated heterocycles. The fraction of sp³-hybridized carbons (Fsp3) is 0.353. The second kappa shape index (κ2) is 5.80. The molecule has 0 bridgehead atoms. The molecule has 0 spiro atoms. The topological polar surface area (TPSA) is 88.8 Å². The number of carbonyl (C=O) groups is 1. The van der Waals surface area contributed by atoms with Gasteiger partial charge in [-0.25, -0.2) is 14.6 Å². The van der Waals surface area contributed by atoms with Crippen molar-refractivity contribution >= 4 is 28.6 Å². The van der Waals surface area contributed by atoms with Crippen LogP contribution < -0.4 is 10.2 Å². The summed E-state index contributed by atoms with van der Waals surface area (Å²) in [6.07, 6.45) is 1.50. The standard InChI is InChI=1S/C17H19N7O/c1-10-4-11(2)6-13(5-10)20-17(25)12-7-24(8-12)16-14-15(18-9-19-16)23(3)22-21-14/h4-6,9,12H,7-8H2,1-3H3,(H,20,25). The number of hydrogen-bond donors (Lipinski definition) is 1. The molecule has 1 N–H and O–H groups in total. The van der Waals surface area contributed by atoms with Gasteiger partial charge < -0.3 is 10.2 Å². The molecule has 4 rings (SSSR count).